The van der Waals surface area contributed by atoms with Crippen LogP contribution in [0.1, 0.15) is 23.0 Å². The van der Waals surface area contributed by atoms with E-state index in [0.29, 0.717) is 5.82 Å². The van der Waals surface area contributed by atoms with Gasteiger partial charge in [-0.25, -0.2) is 9.37 Å². The lowest BCUT2D eigenvalue weighted by Crippen LogP contribution is -2.20. The highest BCUT2D eigenvalue weighted by Gasteiger charge is 2.34. The van der Waals surface area contributed by atoms with Crippen molar-refractivity contribution in [2.75, 3.05) is 7.05 Å². The highest BCUT2D eigenvalue weighted by atomic mass is 19.4. The maximum Gasteiger partial charge on any atom is 0.419 e. The highest BCUT2D eigenvalue weighted by molar-refractivity contribution is 5.32. The minimum Gasteiger partial charge on any atom is -0.347 e. The lowest BCUT2D eigenvalue weighted by atomic mass is 10.0. The van der Waals surface area contributed by atoms with Crippen LogP contribution in [-0.4, -0.2) is 17.0 Å². The molecular formula is C12H11F4N3. The average molecular weight is 273 g/mol. The summed E-state index contributed by atoms with van der Waals surface area (Å²) >= 11 is 0. The molecule has 0 saturated carbocycles. The maximum absolute atomic E-state index is 13.2. The summed E-state index contributed by atoms with van der Waals surface area (Å²) in [7, 11) is 1.59. The van der Waals surface area contributed by atoms with Crippen LogP contribution in [0.4, 0.5) is 17.6 Å². The smallest absolute Gasteiger partial charge is 0.347 e. The molecule has 2 aromatic rings. The van der Waals surface area contributed by atoms with Crippen molar-refractivity contribution in [3.63, 3.8) is 0 Å². The summed E-state index contributed by atoms with van der Waals surface area (Å²) in [5.74, 6) is -0.826. The van der Waals surface area contributed by atoms with Gasteiger partial charge in [-0.05, 0) is 24.7 Å². The van der Waals surface area contributed by atoms with E-state index in [9.17, 15) is 17.6 Å². The number of halogens is 4. The molecule has 2 rings (SSSR count). The largest absolute Gasteiger partial charge is 0.419 e. The Kier molecular flexibility index (Phi) is 3.57. The van der Waals surface area contributed by atoms with Crippen LogP contribution in [0, 0.1) is 5.82 Å². The van der Waals surface area contributed by atoms with Gasteiger partial charge >= 0.3 is 6.18 Å². The predicted octanol–water partition coefficient (Wildman–Crippen LogP) is 2.88. The first-order valence-corrected chi connectivity index (χ1v) is 5.46. The van der Waals surface area contributed by atoms with Crippen LogP contribution in [0.5, 0.6) is 0 Å². The molecule has 0 saturated heterocycles. The van der Waals surface area contributed by atoms with Crippen molar-refractivity contribution in [1.82, 2.24) is 15.3 Å². The number of nitrogens with zero attached hydrogens (tertiary/aromatic N) is 1. The Morgan fingerprint density at radius 1 is 1.32 bits per heavy atom. The number of aromatic nitrogens is 2. The number of nitrogens with one attached hydrogen (secondary N) is 2. The Balaban J connectivity index is 2.45. The molecule has 0 amide bonds. The van der Waals surface area contributed by atoms with Crippen LogP contribution in [0.15, 0.2) is 30.6 Å². The van der Waals surface area contributed by atoms with E-state index in [-0.39, 0.29) is 5.56 Å². The number of hydrogen-bond donors (Lipinski definition) is 2. The topological polar surface area (TPSA) is 40.7 Å². The van der Waals surface area contributed by atoms with Crippen molar-refractivity contribution in [3.8, 4) is 0 Å². The van der Waals surface area contributed by atoms with Crippen molar-refractivity contribution < 1.29 is 17.6 Å². The molecule has 19 heavy (non-hydrogen) atoms. The lowest BCUT2D eigenvalue weighted by Gasteiger charge is -2.16. The minimum absolute atomic E-state index is 0.283. The summed E-state index contributed by atoms with van der Waals surface area (Å²) in [5, 5.41) is 2.84. The van der Waals surface area contributed by atoms with Gasteiger partial charge in [-0.15, -0.1) is 0 Å². The number of hydrogen-bond acceptors (Lipinski definition) is 2. The Hall–Kier alpha value is -1.89. The molecule has 7 heteroatoms. The van der Waals surface area contributed by atoms with Crippen molar-refractivity contribution in [3.05, 3.63) is 53.4 Å². The zero-order chi connectivity index (χ0) is 14.0. The Bertz CT molecular complexity index is 549. The molecule has 0 aliphatic rings. The Morgan fingerprint density at radius 2 is 2.05 bits per heavy atom. The monoisotopic (exact) mass is 273 g/mol. The summed E-state index contributed by atoms with van der Waals surface area (Å²) in [5.41, 5.74) is -0.997. The summed E-state index contributed by atoms with van der Waals surface area (Å²) in [6.07, 6.45) is -1.66. The zero-order valence-electron chi connectivity index (χ0n) is 9.92. The number of H-pyrrole nitrogens is 1. The van der Waals surface area contributed by atoms with Crippen molar-refractivity contribution in [2.45, 2.75) is 12.2 Å². The molecule has 2 N–H and O–H groups in total. The van der Waals surface area contributed by atoms with E-state index in [1.54, 1.807) is 13.2 Å². The molecule has 102 valence electrons. The van der Waals surface area contributed by atoms with Gasteiger partial charge in [0.25, 0.3) is 0 Å². The maximum atomic E-state index is 13.2. The van der Waals surface area contributed by atoms with E-state index in [0.717, 1.165) is 12.1 Å². The average Bonchev–Trinajstić information content (AvgIpc) is 2.84. The third-order valence-electron chi connectivity index (χ3n) is 2.71. The molecule has 0 spiro atoms. The fourth-order valence-corrected chi connectivity index (χ4v) is 1.84. The van der Waals surface area contributed by atoms with Crippen molar-refractivity contribution in [1.29, 1.82) is 0 Å². The Labute approximate surface area is 106 Å². The molecule has 0 fully saturated rings. The van der Waals surface area contributed by atoms with Gasteiger partial charge in [-0.2, -0.15) is 13.2 Å². The predicted molar refractivity (Wildman–Crippen MR) is 60.9 cm³/mol. The van der Waals surface area contributed by atoms with Crippen molar-refractivity contribution in [2.24, 2.45) is 0 Å². The first-order chi connectivity index (χ1) is 8.93. The van der Waals surface area contributed by atoms with E-state index in [1.807, 2.05) is 0 Å². The second kappa shape index (κ2) is 5.00. The van der Waals surface area contributed by atoms with Gasteiger partial charge < -0.3 is 10.3 Å². The van der Waals surface area contributed by atoms with Crippen LogP contribution in [0.25, 0.3) is 0 Å². The SMILES string of the molecule is CNC(c1ccc(F)c(C(F)(F)F)c1)c1ncc[nH]1. The number of alkyl halides is 3. The molecule has 0 radical (unpaired) electrons. The molecule has 1 unspecified atom stereocenters. The van der Waals surface area contributed by atoms with Crippen LogP contribution in [0.2, 0.25) is 0 Å². The van der Waals surface area contributed by atoms with E-state index < -0.39 is 23.6 Å². The van der Waals surface area contributed by atoms with Gasteiger partial charge in [0.1, 0.15) is 11.6 Å². The fourth-order valence-electron chi connectivity index (χ4n) is 1.84. The summed E-state index contributed by atoms with van der Waals surface area (Å²) in [4.78, 5) is 6.80. The van der Waals surface area contributed by atoms with Gasteiger partial charge in [0.2, 0.25) is 0 Å². The number of aromatic amines is 1. The van der Waals surface area contributed by atoms with Crippen molar-refractivity contribution >= 4 is 0 Å². The van der Waals surface area contributed by atoms with Gasteiger partial charge in [-0.1, -0.05) is 6.07 Å². The number of benzene rings is 1. The first-order valence-electron chi connectivity index (χ1n) is 5.46. The molecule has 3 nitrogen and oxygen atoms in total. The summed E-state index contributed by atoms with van der Waals surface area (Å²) in [6, 6.07) is 2.34. The second-order valence-corrected chi connectivity index (χ2v) is 3.93. The molecule has 1 atom stereocenters. The van der Waals surface area contributed by atoms with E-state index in [1.165, 1.54) is 12.3 Å². The van der Waals surface area contributed by atoms with E-state index >= 15 is 0 Å². The highest BCUT2D eigenvalue weighted by Crippen LogP contribution is 2.33. The zero-order valence-corrected chi connectivity index (χ0v) is 9.92. The molecule has 0 aliphatic heterocycles. The molecule has 0 bridgehead atoms. The quantitative estimate of drug-likeness (QED) is 0.844. The summed E-state index contributed by atoms with van der Waals surface area (Å²) < 4.78 is 51.2. The van der Waals surface area contributed by atoms with Crippen LogP contribution in [0.3, 0.4) is 0 Å². The fraction of sp³-hybridized carbons (Fsp3) is 0.250. The molecular weight excluding hydrogens is 262 g/mol. The number of imidazole rings is 1. The van der Waals surface area contributed by atoms with Crippen LogP contribution < -0.4 is 5.32 Å². The van der Waals surface area contributed by atoms with Gasteiger partial charge in [-0.3, -0.25) is 0 Å². The molecule has 1 heterocycles. The van der Waals surface area contributed by atoms with Gasteiger partial charge in [0, 0.05) is 12.4 Å². The molecule has 0 aliphatic carbocycles. The van der Waals surface area contributed by atoms with Crippen LogP contribution >= 0.6 is 0 Å². The standard InChI is InChI=1S/C12H11F4N3/c1-17-10(11-18-4-5-19-11)7-2-3-9(13)8(6-7)12(14,15)16/h2-6,10,17H,1H3,(H,18,19). The lowest BCUT2D eigenvalue weighted by molar-refractivity contribution is -0.140. The third kappa shape index (κ3) is 2.76. The normalized spacial score (nSPS) is 13.5. The number of rotatable bonds is 3. The van der Waals surface area contributed by atoms with Crippen LogP contribution in [-0.2, 0) is 6.18 Å². The molecule has 1 aromatic heterocycles. The second-order valence-electron chi connectivity index (χ2n) is 3.93. The van der Waals surface area contributed by atoms with Gasteiger partial charge in [0.05, 0.1) is 11.6 Å². The van der Waals surface area contributed by atoms with E-state index in [2.05, 4.69) is 15.3 Å². The minimum atomic E-state index is -4.72. The first kappa shape index (κ1) is 13.5. The van der Waals surface area contributed by atoms with Gasteiger partial charge in [0.15, 0.2) is 0 Å². The third-order valence-corrected chi connectivity index (χ3v) is 2.71. The Morgan fingerprint density at radius 3 is 2.58 bits per heavy atom. The van der Waals surface area contributed by atoms with E-state index in [4.69, 9.17) is 0 Å². The summed E-state index contributed by atoms with van der Waals surface area (Å²) in [6.45, 7) is 0. The molecule has 1 aromatic carbocycles.